The second kappa shape index (κ2) is 11.9. The molecule has 5 nitrogen and oxygen atoms in total. The Morgan fingerprint density at radius 1 is 1.00 bits per heavy atom. The van der Waals surface area contributed by atoms with Crippen LogP contribution in [0.2, 0.25) is 0 Å². The zero-order valence-electron chi connectivity index (χ0n) is 14.7. The van der Waals surface area contributed by atoms with Crippen molar-refractivity contribution in [2.75, 3.05) is 13.1 Å². The number of carbonyl (C=O) groups excluding carboxylic acids is 2. The van der Waals surface area contributed by atoms with Crippen molar-refractivity contribution in [2.24, 2.45) is 11.7 Å². The van der Waals surface area contributed by atoms with Gasteiger partial charge in [-0.1, -0.05) is 49.6 Å². The van der Waals surface area contributed by atoms with Crippen LogP contribution >= 0.6 is 12.4 Å². The Morgan fingerprint density at radius 2 is 1.60 bits per heavy atom. The minimum Gasteiger partial charge on any atom is -0.354 e. The second-order valence-electron chi connectivity index (χ2n) is 6.63. The number of halogens is 1. The first-order chi connectivity index (χ1) is 11.6. The van der Waals surface area contributed by atoms with Crippen LogP contribution in [0.5, 0.6) is 0 Å². The highest BCUT2D eigenvalue weighted by atomic mass is 35.5. The summed E-state index contributed by atoms with van der Waals surface area (Å²) in [6, 6.07) is 9.29. The first kappa shape index (κ1) is 21.5. The molecule has 0 aliphatic heterocycles. The Morgan fingerprint density at radius 3 is 2.24 bits per heavy atom. The first-order valence-corrected chi connectivity index (χ1v) is 8.99. The van der Waals surface area contributed by atoms with Crippen molar-refractivity contribution >= 4 is 24.2 Å². The van der Waals surface area contributed by atoms with Gasteiger partial charge in [0.05, 0.1) is 0 Å². The van der Waals surface area contributed by atoms with Gasteiger partial charge in [-0.25, -0.2) is 0 Å². The average Bonchev–Trinajstić information content (AvgIpc) is 2.60. The minimum absolute atomic E-state index is 0. The molecule has 140 valence electrons. The molecule has 0 aromatic heterocycles. The van der Waals surface area contributed by atoms with Crippen molar-refractivity contribution in [3.63, 3.8) is 0 Å². The van der Waals surface area contributed by atoms with Gasteiger partial charge in [0.1, 0.15) is 0 Å². The van der Waals surface area contributed by atoms with Crippen molar-refractivity contribution in [2.45, 2.75) is 51.0 Å². The van der Waals surface area contributed by atoms with Gasteiger partial charge in [-0.15, -0.1) is 12.4 Å². The zero-order valence-corrected chi connectivity index (χ0v) is 15.5. The van der Waals surface area contributed by atoms with Crippen molar-refractivity contribution in [3.05, 3.63) is 35.9 Å². The summed E-state index contributed by atoms with van der Waals surface area (Å²) in [5.41, 5.74) is 6.97. The fraction of sp³-hybridized carbons (Fsp3) is 0.579. The molecule has 0 bridgehead atoms. The van der Waals surface area contributed by atoms with Crippen molar-refractivity contribution in [1.29, 1.82) is 0 Å². The lowest BCUT2D eigenvalue weighted by Gasteiger charge is -2.20. The summed E-state index contributed by atoms with van der Waals surface area (Å²) >= 11 is 0. The maximum absolute atomic E-state index is 11.9. The number of hydrogen-bond acceptors (Lipinski definition) is 3. The highest BCUT2D eigenvalue weighted by molar-refractivity contribution is 5.85. The number of nitrogens with two attached hydrogens (primary N) is 1. The monoisotopic (exact) mass is 367 g/mol. The molecule has 1 aromatic rings. The van der Waals surface area contributed by atoms with Crippen LogP contribution in [0.15, 0.2) is 30.3 Å². The lowest BCUT2D eigenvalue weighted by atomic mass is 9.87. The molecule has 0 radical (unpaired) electrons. The predicted octanol–water partition coefficient (Wildman–Crippen LogP) is 2.70. The van der Waals surface area contributed by atoms with Gasteiger partial charge >= 0.3 is 0 Å². The maximum Gasteiger partial charge on any atom is 0.221 e. The molecule has 1 saturated carbocycles. The first-order valence-electron chi connectivity index (χ1n) is 8.99. The highest BCUT2D eigenvalue weighted by Crippen LogP contribution is 2.25. The quantitative estimate of drug-likeness (QED) is 0.617. The summed E-state index contributed by atoms with van der Waals surface area (Å²) in [6.45, 7) is 0.911. The van der Waals surface area contributed by atoms with Crippen LogP contribution < -0.4 is 16.4 Å². The maximum atomic E-state index is 11.9. The molecular weight excluding hydrogens is 338 g/mol. The third kappa shape index (κ3) is 8.36. The molecule has 1 unspecified atom stereocenters. The Kier molecular flexibility index (Phi) is 10.2. The Labute approximate surface area is 156 Å². The molecular formula is C19H30ClN3O2. The summed E-state index contributed by atoms with van der Waals surface area (Å²) in [4.78, 5) is 23.8. The summed E-state index contributed by atoms with van der Waals surface area (Å²) in [5, 5.41) is 5.69. The summed E-state index contributed by atoms with van der Waals surface area (Å²) in [7, 11) is 0. The molecule has 1 aliphatic rings. The molecule has 6 heteroatoms. The van der Waals surface area contributed by atoms with E-state index in [4.69, 9.17) is 5.73 Å². The van der Waals surface area contributed by atoms with Crippen molar-refractivity contribution < 1.29 is 9.59 Å². The largest absolute Gasteiger partial charge is 0.354 e. The topological polar surface area (TPSA) is 84.2 Å². The van der Waals surface area contributed by atoms with Gasteiger partial charge in [0.25, 0.3) is 0 Å². The molecule has 1 atom stereocenters. The van der Waals surface area contributed by atoms with E-state index >= 15 is 0 Å². The van der Waals surface area contributed by atoms with E-state index in [1.165, 1.54) is 32.1 Å². The number of nitrogens with one attached hydrogen (secondary N) is 2. The highest BCUT2D eigenvalue weighted by Gasteiger charge is 2.16. The lowest BCUT2D eigenvalue weighted by Crippen LogP contribution is -2.36. The van der Waals surface area contributed by atoms with E-state index in [-0.39, 0.29) is 36.7 Å². The molecule has 1 aromatic carbocycles. The van der Waals surface area contributed by atoms with Crippen LogP contribution in [0.25, 0.3) is 0 Å². The lowest BCUT2D eigenvalue weighted by molar-refractivity contribution is -0.123. The fourth-order valence-electron chi connectivity index (χ4n) is 3.22. The van der Waals surface area contributed by atoms with Crippen LogP contribution in [0, 0.1) is 5.92 Å². The number of amides is 2. The second-order valence-corrected chi connectivity index (χ2v) is 6.63. The van der Waals surface area contributed by atoms with Crippen LogP contribution in [-0.4, -0.2) is 24.9 Å². The van der Waals surface area contributed by atoms with E-state index in [0.717, 1.165) is 5.56 Å². The molecule has 0 heterocycles. The van der Waals surface area contributed by atoms with Gasteiger partial charge in [0, 0.05) is 32.0 Å². The third-order valence-corrected chi connectivity index (χ3v) is 4.60. The average molecular weight is 368 g/mol. The van der Waals surface area contributed by atoms with E-state index in [2.05, 4.69) is 10.6 Å². The van der Waals surface area contributed by atoms with Crippen LogP contribution in [-0.2, 0) is 9.59 Å². The van der Waals surface area contributed by atoms with E-state index < -0.39 is 0 Å². The van der Waals surface area contributed by atoms with Crippen LogP contribution in [0.4, 0.5) is 0 Å². The normalized spacial score (nSPS) is 15.7. The summed E-state index contributed by atoms with van der Waals surface area (Å²) < 4.78 is 0. The van der Waals surface area contributed by atoms with E-state index in [1.54, 1.807) is 0 Å². The number of benzene rings is 1. The van der Waals surface area contributed by atoms with E-state index in [1.807, 2.05) is 30.3 Å². The smallest absolute Gasteiger partial charge is 0.221 e. The van der Waals surface area contributed by atoms with Crippen LogP contribution in [0.3, 0.4) is 0 Å². The molecule has 0 saturated heterocycles. The van der Waals surface area contributed by atoms with Crippen LogP contribution in [0.1, 0.15) is 56.6 Å². The zero-order chi connectivity index (χ0) is 17.2. The number of carbonyl (C=O) groups is 2. The SMILES string of the molecule is Cl.NC(CC(=O)NCCNC(=O)CC1CCCCC1)c1ccccc1. The van der Waals surface area contributed by atoms with E-state index in [0.29, 0.717) is 25.4 Å². The van der Waals surface area contributed by atoms with Gasteiger partial charge < -0.3 is 16.4 Å². The molecule has 1 aliphatic carbocycles. The Bertz CT molecular complexity index is 519. The predicted molar refractivity (Wildman–Crippen MR) is 102 cm³/mol. The van der Waals surface area contributed by atoms with Gasteiger partial charge in [-0.2, -0.15) is 0 Å². The molecule has 1 fully saturated rings. The Balaban J connectivity index is 0.00000312. The summed E-state index contributed by atoms with van der Waals surface area (Å²) in [5.74, 6) is 0.544. The third-order valence-electron chi connectivity index (χ3n) is 4.60. The number of rotatable bonds is 8. The van der Waals surface area contributed by atoms with Gasteiger partial charge in [0.2, 0.25) is 11.8 Å². The van der Waals surface area contributed by atoms with Crippen molar-refractivity contribution in [3.8, 4) is 0 Å². The standard InChI is InChI=1S/C19H29N3O2.ClH/c20-17(16-9-5-2-6-10-16)14-19(24)22-12-11-21-18(23)13-15-7-3-1-4-8-15;/h2,5-6,9-10,15,17H,1,3-4,7-8,11-14,20H2,(H,21,23)(H,22,24);1H. The van der Waals surface area contributed by atoms with Crippen molar-refractivity contribution in [1.82, 2.24) is 10.6 Å². The van der Waals surface area contributed by atoms with Gasteiger partial charge in [-0.3, -0.25) is 9.59 Å². The molecule has 0 spiro atoms. The Hall–Kier alpha value is -1.59. The van der Waals surface area contributed by atoms with Gasteiger partial charge in [0.15, 0.2) is 0 Å². The molecule has 2 amide bonds. The van der Waals surface area contributed by atoms with E-state index in [9.17, 15) is 9.59 Å². The fourth-order valence-corrected chi connectivity index (χ4v) is 3.22. The molecule has 4 N–H and O–H groups in total. The number of hydrogen-bond donors (Lipinski definition) is 3. The van der Waals surface area contributed by atoms with Gasteiger partial charge in [-0.05, 0) is 24.3 Å². The summed E-state index contributed by atoms with van der Waals surface area (Å²) in [6.07, 6.45) is 7.00. The molecule has 2 rings (SSSR count). The minimum atomic E-state index is -0.299. The molecule has 25 heavy (non-hydrogen) atoms.